The molecule has 1 saturated carbocycles. The second-order valence-electron chi connectivity index (χ2n) is 12.9. The van der Waals surface area contributed by atoms with Gasteiger partial charge < -0.3 is 30.4 Å². The minimum atomic E-state index is -0.986. The highest BCUT2D eigenvalue weighted by Crippen LogP contribution is 2.30. The molecule has 2 aliphatic heterocycles. The minimum absolute atomic E-state index is 0.0898. The fourth-order valence-corrected chi connectivity index (χ4v) is 6.92. The number of carbonyl (C=O) groups is 3. The van der Waals surface area contributed by atoms with Gasteiger partial charge in [-0.05, 0) is 82.1 Å². The zero-order valence-electron chi connectivity index (χ0n) is 26.9. The summed E-state index contributed by atoms with van der Waals surface area (Å²) >= 11 is 0. The molecule has 4 amide bonds. The lowest BCUT2D eigenvalue weighted by Gasteiger charge is -2.33. The number of rotatable bonds is 11. The van der Waals surface area contributed by atoms with Crippen molar-refractivity contribution in [2.45, 2.75) is 102 Å². The number of likely N-dealkylation sites (N-methyl/N-ethyl adjacent to an activating group) is 1. The summed E-state index contributed by atoms with van der Waals surface area (Å²) in [5.74, 6) is -0.207. The Hall–Kier alpha value is -3.59. The zero-order chi connectivity index (χ0) is 31.6. The van der Waals surface area contributed by atoms with Gasteiger partial charge in [0.2, 0.25) is 5.91 Å². The summed E-state index contributed by atoms with van der Waals surface area (Å²) in [6, 6.07) is 14.9. The summed E-state index contributed by atoms with van der Waals surface area (Å²) in [5, 5.41) is 17.9. The van der Waals surface area contributed by atoms with Gasteiger partial charge in [-0.25, -0.2) is 4.79 Å². The lowest BCUT2D eigenvalue weighted by Crippen LogP contribution is -2.53. The maximum absolute atomic E-state index is 14.0. The fraction of sp³-hybridized carbons (Fsp3) is 0.583. The van der Waals surface area contributed by atoms with E-state index >= 15 is 0 Å². The molecule has 9 nitrogen and oxygen atoms in total. The van der Waals surface area contributed by atoms with E-state index in [2.05, 4.69) is 15.5 Å². The first-order valence-corrected chi connectivity index (χ1v) is 17.2. The third-order valence-corrected chi connectivity index (χ3v) is 9.61. The summed E-state index contributed by atoms with van der Waals surface area (Å²) in [4.78, 5) is 45.8. The molecule has 0 unspecified atom stereocenters. The molecule has 0 radical (unpaired) electrons. The van der Waals surface area contributed by atoms with Gasteiger partial charge in [-0.2, -0.15) is 0 Å². The van der Waals surface area contributed by atoms with Crippen LogP contribution in [0.15, 0.2) is 48.5 Å². The summed E-state index contributed by atoms with van der Waals surface area (Å²) in [6.45, 7) is 4.95. The van der Waals surface area contributed by atoms with E-state index in [1.165, 1.54) is 12.8 Å². The smallest absolute Gasteiger partial charge is 0.317 e. The largest absolute Gasteiger partial charge is 0.389 e. The fourth-order valence-electron chi connectivity index (χ4n) is 6.92. The van der Waals surface area contributed by atoms with Gasteiger partial charge >= 0.3 is 6.03 Å². The van der Waals surface area contributed by atoms with Crippen molar-refractivity contribution >= 4 is 29.2 Å². The van der Waals surface area contributed by atoms with Gasteiger partial charge in [-0.3, -0.25) is 9.59 Å². The van der Waals surface area contributed by atoms with Gasteiger partial charge in [0.25, 0.3) is 5.91 Å². The standard InChI is InChI=1S/C36H51N5O4/c1-2-39(36(45)37-29-16-8-4-9-17-29)26-33(42)32(22-27-14-6-3-7-15-27)38-35(44)28-23-30(40-19-11-5-12-20-40)25-31(24-28)41-21-13-10-18-34(41)43/h3,6-7,14-15,23-25,29,32-33,42H,2,4-5,8-13,16-22,26H2,1H3,(H,37,45)(H,38,44)/t32-,33-/m0/s1. The van der Waals surface area contributed by atoms with Crippen LogP contribution in [0.5, 0.6) is 0 Å². The van der Waals surface area contributed by atoms with Crippen molar-refractivity contribution < 1.29 is 19.5 Å². The van der Waals surface area contributed by atoms with E-state index in [-0.39, 0.29) is 30.4 Å². The molecule has 2 saturated heterocycles. The molecule has 0 aromatic heterocycles. The molecule has 3 fully saturated rings. The topological polar surface area (TPSA) is 105 Å². The number of carbonyl (C=O) groups excluding carboxylic acids is 3. The average molecular weight is 618 g/mol. The molecule has 2 heterocycles. The molecule has 1 aliphatic carbocycles. The zero-order valence-corrected chi connectivity index (χ0v) is 26.9. The number of piperidine rings is 2. The van der Waals surface area contributed by atoms with Crippen LogP contribution in [0.3, 0.4) is 0 Å². The Morgan fingerprint density at radius 1 is 0.911 bits per heavy atom. The number of aliphatic hydroxyl groups excluding tert-OH is 1. The predicted octanol–water partition coefficient (Wildman–Crippen LogP) is 5.26. The summed E-state index contributed by atoms with van der Waals surface area (Å²) < 4.78 is 0. The Bertz CT molecular complexity index is 1280. The van der Waals surface area contributed by atoms with E-state index in [4.69, 9.17) is 0 Å². The van der Waals surface area contributed by atoms with Gasteiger partial charge in [0, 0.05) is 55.6 Å². The lowest BCUT2D eigenvalue weighted by atomic mass is 9.96. The minimum Gasteiger partial charge on any atom is -0.389 e. The van der Waals surface area contributed by atoms with E-state index in [1.54, 1.807) is 4.90 Å². The third-order valence-electron chi connectivity index (χ3n) is 9.61. The van der Waals surface area contributed by atoms with Crippen molar-refractivity contribution in [2.24, 2.45) is 0 Å². The highest BCUT2D eigenvalue weighted by atomic mass is 16.3. The number of nitrogens with one attached hydrogen (secondary N) is 2. The van der Waals surface area contributed by atoms with E-state index < -0.39 is 12.1 Å². The Kier molecular flexibility index (Phi) is 11.7. The highest BCUT2D eigenvalue weighted by molar-refractivity contribution is 6.00. The predicted molar refractivity (Wildman–Crippen MR) is 179 cm³/mol. The maximum Gasteiger partial charge on any atom is 0.317 e. The van der Waals surface area contributed by atoms with Crippen LogP contribution in [0.2, 0.25) is 0 Å². The van der Waals surface area contributed by atoms with Crippen LogP contribution in [-0.2, 0) is 11.2 Å². The molecule has 3 aliphatic rings. The quantitative estimate of drug-likeness (QED) is 0.319. The average Bonchev–Trinajstić information content (AvgIpc) is 3.08. The number of hydrogen-bond donors (Lipinski definition) is 3. The molecule has 3 N–H and O–H groups in total. The summed E-state index contributed by atoms with van der Waals surface area (Å²) in [6.07, 6.45) is 10.6. The molecular weight excluding hydrogens is 566 g/mol. The Labute approximate surface area is 268 Å². The normalized spacial score (nSPS) is 19.1. The first-order chi connectivity index (χ1) is 21.9. The van der Waals surface area contributed by atoms with Crippen molar-refractivity contribution in [1.29, 1.82) is 0 Å². The number of hydrogen-bond acceptors (Lipinski definition) is 5. The van der Waals surface area contributed by atoms with Gasteiger partial charge in [0.1, 0.15) is 0 Å². The lowest BCUT2D eigenvalue weighted by molar-refractivity contribution is -0.119. The summed E-state index contributed by atoms with van der Waals surface area (Å²) in [7, 11) is 0. The molecular formula is C36H51N5O4. The molecule has 244 valence electrons. The SMILES string of the molecule is CCN(C[C@H](O)[C@H](Cc1ccccc1)NC(=O)c1cc(N2CCCCC2)cc(N2CCCCC2=O)c1)C(=O)NC1CCCCC1. The molecule has 45 heavy (non-hydrogen) atoms. The first-order valence-electron chi connectivity index (χ1n) is 17.2. The van der Waals surface area contributed by atoms with Crippen molar-refractivity contribution in [3.05, 3.63) is 59.7 Å². The van der Waals surface area contributed by atoms with Gasteiger partial charge in [-0.1, -0.05) is 49.6 Å². The number of benzene rings is 2. The molecule has 5 rings (SSSR count). The number of aliphatic hydroxyl groups is 1. The van der Waals surface area contributed by atoms with E-state index in [9.17, 15) is 19.5 Å². The van der Waals surface area contributed by atoms with Crippen molar-refractivity contribution in [1.82, 2.24) is 15.5 Å². The van der Waals surface area contributed by atoms with Crippen molar-refractivity contribution in [2.75, 3.05) is 42.5 Å². The van der Waals surface area contributed by atoms with E-state index in [0.717, 1.165) is 81.4 Å². The Morgan fingerprint density at radius 2 is 1.60 bits per heavy atom. The van der Waals surface area contributed by atoms with Crippen LogP contribution in [0.4, 0.5) is 16.2 Å². The number of nitrogens with zero attached hydrogens (tertiary/aromatic N) is 3. The molecule has 9 heteroatoms. The third kappa shape index (κ3) is 9.00. The maximum atomic E-state index is 14.0. The van der Waals surface area contributed by atoms with E-state index in [0.29, 0.717) is 31.5 Å². The Balaban J connectivity index is 1.36. The van der Waals surface area contributed by atoms with Gasteiger partial charge in [0.05, 0.1) is 18.7 Å². The molecule has 2 aromatic rings. The second-order valence-corrected chi connectivity index (χ2v) is 12.9. The van der Waals surface area contributed by atoms with Crippen LogP contribution in [0.1, 0.15) is 93.5 Å². The van der Waals surface area contributed by atoms with Crippen molar-refractivity contribution in [3.8, 4) is 0 Å². The first kappa shape index (κ1) is 32.8. The second kappa shape index (κ2) is 16.1. The Morgan fingerprint density at radius 3 is 2.31 bits per heavy atom. The number of anilines is 2. The summed E-state index contributed by atoms with van der Waals surface area (Å²) in [5.41, 5.74) is 3.16. The number of urea groups is 1. The van der Waals surface area contributed by atoms with Crippen LogP contribution in [-0.4, -0.2) is 78.8 Å². The monoisotopic (exact) mass is 617 g/mol. The molecule has 2 atom stereocenters. The van der Waals surface area contributed by atoms with E-state index in [1.807, 2.05) is 60.4 Å². The molecule has 0 spiro atoms. The van der Waals surface area contributed by atoms with Crippen LogP contribution >= 0.6 is 0 Å². The van der Waals surface area contributed by atoms with Gasteiger partial charge in [0.15, 0.2) is 0 Å². The van der Waals surface area contributed by atoms with Crippen molar-refractivity contribution in [3.63, 3.8) is 0 Å². The van der Waals surface area contributed by atoms with Crippen LogP contribution in [0.25, 0.3) is 0 Å². The van der Waals surface area contributed by atoms with Crippen LogP contribution < -0.4 is 20.4 Å². The van der Waals surface area contributed by atoms with Gasteiger partial charge in [-0.15, -0.1) is 0 Å². The number of amides is 4. The highest BCUT2D eigenvalue weighted by Gasteiger charge is 2.29. The molecule has 0 bridgehead atoms. The molecule has 2 aromatic carbocycles. The van der Waals surface area contributed by atoms with Crippen LogP contribution in [0, 0.1) is 0 Å².